The molecule has 1 heterocycles. The molecule has 5 nitrogen and oxygen atoms in total. The molecule has 1 unspecified atom stereocenters. The maximum Gasteiger partial charge on any atom is 0.224 e. The summed E-state index contributed by atoms with van der Waals surface area (Å²) in [4.78, 5) is 11.9. The Morgan fingerprint density at radius 2 is 2.29 bits per heavy atom. The minimum absolute atomic E-state index is 0.123. The lowest BCUT2D eigenvalue weighted by Gasteiger charge is -2.22. The topological polar surface area (TPSA) is 67.2 Å². The van der Waals surface area contributed by atoms with Gasteiger partial charge in [0.1, 0.15) is 5.60 Å². The van der Waals surface area contributed by atoms with Crippen LogP contribution in [0.2, 0.25) is 5.02 Å². The van der Waals surface area contributed by atoms with E-state index in [2.05, 4.69) is 10.4 Å². The van der Waals surface area contributed by atoms with Gasteiger partial charge >= 0.3 is 0 Å². The fourth-order valence-electron chi connectivity index (χ4n) is 1.97. The molecule has 0 aliphatic carbocycles. The number of nitrogens with one attached hydrogen (secondary N) is 1. The Hall–Kier alpha value is -1.85. The standard InChI is InChI=1S/C15H18ClN3O2/c1-15(21,12-8-18-19(2)9-12)10-17-14(20)7-11-4-3-5-13(16)6-11/h3-6,8-9,21H,7,10H2,1-2H3,(H,17,20). The molecule has 112 valence electrons. The lowest BCUT2D eigenvalue weighted by molar-refractivity contribution is -0.121. The van der Waals surface area contributed by atoms with Gasteiger partial charge in [0, 0.05) is 23.8 Å². The third-order valence-electron chi connectivity index (χ3n) is 3.21. The highest BCUT2D eigenvalue weighted by atomic mass is 35.5. The van der Waals surface area contributed by atoms with Crippen LogP contribution in [-0.2, 0) is 23.9 Å². The van der Waals surface area contributed by atoms with E-state index < -0.39 is 5.60 Å². The number of hydrogen-bond donors (Lipinski definition) is 2. The van der Waals surface area contributed by atoms with Crippen LogP contribution in [0.3, 0.4) is 0 Å². The van der Waals surface area contributed by atoms with Crippen molar-refractivity contribution in [1.29, 1.82) is 0 Å². The molecule has 0 fully saturated rings. The highest BCUT2D eigenvalue weighted by Crippen LogP contribution is 2.18. The molecular formula is C15H18ClN3O2. The van der Waals surface area contributed by atoms with Crippen molar-refractivity contribution in [1.82, 2.24) is 15.1 Å². The fourth-order valence-corrected chi connectivity index (χ4v) is 2.18. The minimum Gasteiger partial charge on any atom is -0.383 e. The molecular weight excluding hydrogens is 290 g/mol. The van der Waals surface area contributed by atoms with Crippen LogP contribution >= 0.6 is 11.6 Å². The van der Waals surface area contributed by atoms with E-state index in [1.807, 2.05) is 6.07 Å². The zero-order valence-corrected chi connectivity index (χ0v) is 12.8. The number of halogens is 1. The van der Waals surface area contributed by atoms with Crippen molar-refractivity contribution in [2.75, 3.05) is 6.54 Å². The molecule has 0 spiro atoms. The van der Waals surface area contributed by atoms with Gasteiger partial charge < -0.3 is 10.4 Å². The summed E-state index contributed by atoms with van der Waals surface area (Å²) in [7, 11) is 1.78. The molecule has 1 aromatic heterocycles. The lowest BCUT2D eigenvalue weighted by atomic mass is 9.99. The van der Waals surface area contributed by atoms with Gasteiger partial charge in [-0.1, -0.05) is 23.7 Å². The molecule has 0 saturated heterocycles. The van der Waals surface area contributed by atoms with Crippen molar-refractivity contribution in [3.63, 3.8) is 0 Å². The number of carbonyl (C=O) groups is 1. The molecule has 2 N–H and O–H groups in total. The molecule has 0 radical (unpaired) electrons. The molecule has 1 atom stereocenters. The van der Waals surface area contributed by atoms with Crippen LogP contribution in [0.5, 0.6) is 0 Å². The van der Waals surface area contributed by atoms with E-state index in [9.17, 15) is 9.90 Å². The van der Waals surface area contributed by atoms with Gasteiger partial charge in [0.05, 0.1) is 19.2 Å². The third kappa shape index (κ3) is 4.31. The Kier molecular flexibility index (Phi) is 4.65. The van der Waals surface area contributed by atoms with Crippen molar-refractivity contribution in [3.05, 3.63) is 52.8 Å². The van der Waals surface area contributed by atoms with Crippen molar-refractivity contribution in [3.8, 4) is 0 Å². The second-order valence-electron chi connectivity index (χ2n) is 5.26. The Bertz CT molecular complexity index is 637. The average Bonchev–Trinajstić information content (AvgIpc) is 2.84. The van der Waals surface area contributed by atoms with Gasteiger partial charge in [0.25, 0.3) is 0 Å². The summed E-state index contributed by atoms with van der Waals surface area (Å²) in [5.41, 5.74) is 0.340. The zero-order chi connectivity index (χ0) is 15.5. The van der Waals surface area contributed by atoms with Crippen LogP contribution < -0.4 is 5.32 Å². The lowest BCUT2D eigenvalue weighted by Crippen LogP contribution is -2.39. The fraction of sp³-hybridized carbons (Fsp3) is 0.333. The van der Waals surface area contributed by atoms with Crippen LogP contribution in [0.15, 0.2) is 36.7 Å². The highest BCUT2D eigenvalue weighted by molar-refractivity contribution is 6.30. The zero-order valence-electron chi connectivity index (χ0n) is 12.0. The highest BCUT2D eigenvalue weighted by Gasteiger charge is 2.25. The van der Waals surface area contributed by atoms with E-state index in [1.165, 1.54) is 0 Å². The summed E-state index contributed by atoms with van der Waals surface area (Å²) in [5.74, 6) is -0.165. The number of aromatic nitrogens is 2. The Morgan fingerprint density at radius 3 is 2.90 bits per heavy atom. The number of hydrogen-bond acceptors (Lipinski definition) is 3. The smallest absolute Gasteiger partial charge is 0.224 e. The van der Waals surface area contributed by atoms with E-state index in [0.717, 1.165) is 5.56 Å². The molecule has 0 aliphatic rings. The van der Waals surface area contributed by atoms with Crippen molar-refractivity contribution < 1.29 is 9.90 Å². The molecule has 1 amide bonds. The molecule has 2 aromatic rings. The van der Waals surface area contributed by atoms with Crippen LogP contribution in [0.4, 0.5) is 0 Å². The van der Waals surface area contributed by atoms with Gasteiger partial charge in [0.15, 0.2) is 0 Å². The van der Waals surface area contributed by atoms with Gasteiger partial charge in [0.2, 0.25) is 5.91 Å². The first-order valence-electron chi connectivity index (χ1n) is 6.59. The van der Waals surface area contributed by atoms with Crippen LogP contribution in [0, 0.1) is 0 Å². The van der Waals surface area contributed by atoms with E-state index >= 15 is 0 Å². The van der Waals surface area contributed by atoms with E-state index in [0.29, 0.717) is 10.6 Å². The second-order valence-corrected chi connectivity index (χ2v) is 5.70. The van der Waals surface area contributed by atoms with Crippen LogP contribution in [0.1, 0.15) is 18.1 Å². The van der Waals surface area contributed by atoms with Gasteiger partial charge in [-0.05, 0) is 24.6 Å². The maximum absolute atomic E-state index is 11.9. The first-order chi connectivity index (χ1) is 9.87. The number of nitrogens with zero attached hydrogens (tertiary/aromatic N) is 2. The first-order valence-corrected chi connectivity index (χ1v) is 6.97. The normalized spacial score (nSPS) is 13.7. The molecule has 0 saturated carbocycles. The molecule has 6 heteroatoms. The molecule has 1 aromatic carbocycles. The van der Waals surface area contributed by atoms with Gasteiger partial charge in [-0.3, -0.25) is 9.48 Å². The summed E-state index contributed by atoms with van der Waals surface area (Å²) in [6.07, 6.45) is 3.54. The Balaban J connectivity index is 1.91. The Labute approximate surface area is 128 Å². The predicted molar refractivity (Wildman–Crippen MR) is 80.9 cm³/mol. The predicted octanol–water partition coefficient (Wildman–Crippen LogP) is 1.64. The SMILES string of the molecule is Cn1cc(C(C)(O)CNC(=O)Cc2cccc(Cl)c2)cn1. The summed E-state index contributed by atoms with van der Waals surface area (Å²) < 4.78 is 1.61. The van der Waals surface area contributed by atoms with E-state index in [-0.39, 0.29) is 18.9 Å². The molecule has 21 heavy (non-hydrogen) atoms. The molecule has 0 aliphatic heterocycles. The minimum atomic E-state index is -1.15. The number of rotatable bonds is 5. The van der Waals surface area contributed by atoms with E-state index in [1.54, 1.807) is 49.2 Å². The third-order valence-corrected chi connectivity index (χ3v) is 3.45. The van der Waals surface area contributed by atoms with Crippen molar-refractivity contribution in [2.45, 2.75) is 18.9 Å². The van der Waals surface area contributed by atoms with Crippen LogP contribution in [-0.4, -0.2) is 27.3 Å². The van der Waals surface area contributed by atoms with Gasteiger partial charge in [-0.25, -0.2) is 0 Å². The van der Waals surface area contributed by atoms with Crippen molar-refractivity contribution >= 4 is 17.5 Å². The number of aliphatic hydroxyl groups is 1. The quantitative estimate of drug-likeness (QED) is 0.882. The summed E-state index contributed by atoms with van der Waals surface area (Å²) >= 11 is 5.88. The first kappa shape index (κ1) is 15.5. The molecule has 2 rings (SSSR count). The van der Waals surface area contributed by atoms with Crippen molar-refractivity contribution in [2.24, 2.45) is 7.05 Å². The Morgan fingerprint density at radius 1 is 1.52 bits per heavy atom. The number of aryl methyl sites for hydroxylation is 1. The van der Waals surface area contributed by atoms with Gasteiger partial charge in [-0.15, -0.1) is 0 Å². The largest absolute Gasteiger partial charge is 0.383 e. The second kappa shape index (κ2) is 6.28. The number of carbonyl (C=O) groups excluding carboxylic acids is 1. The molecule has 0 bridgehead atoms. The summed E-state index contributed by atoms with van der Waals surface area (Å²) in [6.45, 7) is 1.77. The maximum atomic E-state index is 11.9. The average molecular weight is 308 g/mol. The summed E-state index contributed by atoms with van der Waals surface area (Å²) in [5, 5.41) is 17.7. The number of amides is 1. The monoisotopic (exact) mass is 307 g/mol. The van der Waals surface area contributed by atoms with Crippen LogP contribution in [0.25, 0.3) is 0 Å². The van der Waals surface area contributed by atoms with Gasteiger partial charge in [-0.2, -0.15) is 5.10 Å². The summed E-state index contributed by atoms with van der Waals surface area (Å²) in [6, 6.07) is 7.15. The van der Waals surface area contributed by atoms with E-state index in [4.69, 9.17) is 11.6 Å². The number of benzene rings is 1.